The van der Waals surface area contributed by atoms with Gasteiger partial charge in [0.25, 0.3) is 0 Å². The quantitative estimate of drug-likeness (QED) is 0.380. The summed E-state index contributed by atoms with van der Waals surface area (Å²) in [6.45, 7) is 8.16. The molecule has 140 valence electrons. The van der Waals surface area contributed by atoms with Gasteiger partial charge in [-0.1, -0.05) is 40.5 Å². The fourth-order valence-electron chi connectivity index (χ4n) is 2.33. The van der Waals surface area contributed by atoms with Crippen molar-refractivity contribution in [3.63, 3.8) is 0 Å². The summed E-state index contributed by atoms with van der Waals surface area (Å²) in [5.74, 6) is -1.40. The number of halogens is 1. The zero-order valence-corrected chi connectivity index (χ0v) is 16.6. The Balaban J connectivity index is 2.48. The van der Waals surface area contributed by atoms with E-state index in [0.717, 1.165) is 43.4 Å². The molecule has 0 spiro atoms. The van der Waals surface area contributed by atoms with Crippen molar-refractivity contribution < 1.29 is 14.4 Å². The molecule has 0 unspecified atom stereocenters. The lowest BCUT2D eigenvalue weighted by atomic mass is 10.1. The van der Waals surface area contributed by atoms with Gasteiger partial charge in [0, 0.05) is 18.2 Å². The van der Waals surface area contributed by atoms with Gasteiger partial charge in [0.05, 0.1) is 10.7 Å². The van der Waals surface area contributed by atoms with Gasteiger partial charge in [0.2, 0.25) is 11.7 Å². The molecule has 0 aliphatic heterocycles. The number of carbonyl (C=O) groups excluding carboxylic acids is 3. The second kappa shape index (κ2) is 10.7. The second-order valence-corrected chi connectivity index (χ2v) is 7.08. The first-order valence-electron chi connectivity index (χ1n) is 8.63. The summed E-state index contributed by atoms with van der Waals surface area (Å²) >= 11 is 5.59. The van der Waals surface area contributed by atoms with Crippen molar-refractivity contribution in [3.05, 3.63) is 57.8 Å². The third-order valence-corrected chi connectivity index (χ3v) is 4.09. The van der Waals surface area contributed by atoms with Gasteiger partial charge in [-0.25, -0.2) is 0 Å². The van der Waals surface area contributed by atoms with E-state index in [1.807, 2.05) is 6.92 Å². The molecule has 0 saturated carbocycles. The number of ketones is 2. The Morgan fingerprint density at radius 2 is 1.58 bits per heavy atom. The molecule has 0 fully saturated rings. The number of carbonyl (C=O) groups is 3. The lowest BCUT2D eigenvalue weighted by Gasteiger charge is -2.09. The Hall–Kier alpha value is -2.20. The van der Waals surface area contributed by atoms with E-state index in [4.69, 9.17) is 11.6 Å². The topological polar surface area (TPSA) is 63.2 Å². The van der Waals surface area contributed by atoms with Crippen LogP contribution < -0.4 is 5.32 Å². The summed E-state index contributed by atoms with van der Waals surface area (Å²) in [6.07, 6.45) is 11.6. The highest BCUT2D eigenvalue weighted by molar-refractivity contribution is 6.47. The molecule has 26 heavy (non-hydrogen) atoms. The van der Waals surface area contributed by atoms with Crippen LogP contribution >= 0.6 is 11.6 Å². The molecule has 0 radical (unpaired) electrons. The standard InChI is InChI=1S/C21H26ClNO3/c1-14(2)7-5-8-15(3)9-6-10-16(4)11-21(26)23-18-13-19(24)17(22)12-20(18)25/h7,9,11-13H,5-6,8,10H2,1-4H3,(H,23,26). The highest BCUT2D eigenvalue weighted by Crippen LogP contribution is 2.14. The van der Waals surface area contributed by atoms with Crippen LogP contribution in [0.25, 0.3) is 0 Å². The number of rotatable bonds is 8. The predicted octanol–water partition coefficient (Wildman–Crippen LogP) is 4.68. The largest absolute Gasteiger partial charge is 0.319 e. The Labute approximate surface area is 160 Å². The maximum atomic E-state index is 12.0. The Morgan fingerprint density at radius 1 is 0.962 bits per heavy atom. The van der Waals surface area contributed by atoms with Gasteiger partial charge < -0.3 is 5.32 Å². The summed E-state index contributed by atoms with van der Waals surface area (Å²) in [5.41, 5.74) is 3.51. The van der Waals surface area contributed by atoms with Crippen LogP contribution in [-0.2, 0) is 14.4 Å². The minimum absolute atomic E-state index is 0.0523. The van der Waals surface area contributed by atoms with Crippen molar-refractivity contribution in [1.29, 1.82) is 0 Å². The van der Waals surface area contributed by atoms with Gasteiger partial charge >= 0.3 is 0 Å². The second-order valence-electron chi connectivity index (χ2n) is 6.67. The smallest absolute Gasteiger partial charge is 0.248 e. The Morgan fingerprint density at radius 3 is 2.23 bits per heavy atom. The minimum atomic E-state index is -0.490. The molecule has 5 heteroatoms. The van der Waals surface area contributed by atoms with Gasteiger partial charge in [0.1, 0.15) is 0 Å². The molecular weight excluding hydrogens is 350 g/mol. The third kappa shape index (κ3) is 8.26. The summed E-state index contributed by atoms with van der Waals surface area (Å²) in [6, 6.07) is 0. The number of amides is 1. The first-order chi connectivity index (χ1) is 12.2. The summed E-state index contributed by atoms with van der Waals surface area (Å²) < 4.78 is 0. The van der Waals surface area contributed by atoms with Gasteiger partial charge in [-0.2, -0.15) is 0 Å². The Kier molecular flexibility index (Phi) is 9.00. The van der Waals surface area contributed by atoms with Crippen LogP contribution in [0.4, 0.5) is 0 Å². The van der Waals surface area contributed by atoms with Gasteiger partial charge in [-0.3, -0.25) is 14.4 Å². The highest BCUT2D eigenvalue weighted by Gasteiger charge is 2.19. The van der Waals surface area contributed by atoms with E-state index in [2.05, 4.69) is 38.2 Å². The van der Waals surface area contributed by atoms with Crippen molar-refractivity contribution in [1.82, 2.24) is 5.32 Å². The van der Waals surface area contributed by atoms with Gasteiger partial charge in [0.15, 0.2) is 5.78 Å². The van der Waals surface area contributed by atoms with E-state index in [9.17, 15) is 14.4 Å². The highest BCUT2D eigenvalue weighted by atomic mass is 35.5. The fourth-order valence-corrected chi connectivity index (χ4v) is 2.49. The van der Waals surface area contributed by atoms with E-state index in [-0.39, 0.29) is 10.7 Å². The summed E-state index contributed by atoms with van der Waals surface area (Å²) in [4.78, 5) is 35.2. The Bertz CT molecular complexity index is 732. The number of allylic oxidation sites excluding steroid dienone is 8. The van der Waals surface area contributed by atoms with E-state index >= 15 is 0 Å². The zero-order valence-electron chi connectivity index (χ0n) is 15.8. The van der Waals surface area contributed by atoms with E-state index in [1.54, 1.807) is 0 Å². The first kappa shape index (κ1) is 21.8. The van der Waals surface area contributed by atoms with Crippen LogP contribution in [0.3, 0.4) is 0 Å². The van der Waals surface area contributed by atoms with Crippen molar-refractivity contribution >= 4 is 29.1 Å². The molecule has 0 heterocycles. The monoisotopic (exact) mass is 375 g/mol. The van der Waals surface area contributed by atoms with Crippen LogP contribution in [-0.4, -0.2) is 17.5 Å². The van der Waals surface area contributed by atoms with Gasteiger partial charge in [-0.15, -0.1) is 0 Å². The van der Waals surface area contributed by atoms with Gasteiger partial charge in [-0.05, 0) is 53.4 Å². The van der Waals surface area contributed by atoms with Crippen molar-refractivity contribution in [3.8, 4) is 0 Å². The lowest BCUT2D eigenvalue weighted by molar-refractivity contribution is -0.119. The summed E-state index contributed by atoms with van der Waals surface area (Å²) in [7, 11) is 0. The molecule has 0 aromatic rings. The molecular formula is C21H26ClNO3. The molecule has 4 nitrogen and oxygen atoms in total. The SMILES string of the molecule is CC(C)=CCCC(C)=CCCC(C)=CC(=O)NC1=CC(=O)C(Cl)=CC1=O. The average Bonchev–Trinajstić information content (AvgIpc) is 2.52. The van der Waals surface area contributed by atoms with E-state index < -0.39 is 17.5 Å². The molecule has 1 N–H and O–H groups in total. The van der Waals surface area contributed by atoms with Crippen LogP contribution in [0.15, 0.2) is 57.8 Å². The molecule has 1 amide bonds. The zero-order chi connectivity index (χ0) is 19.7. The molecule has 1 rings (SSSR count). The maximum absolute atomic E-state index is 12.0. The van der Waals surface area contributed by atoms with Crippen molar-refractivity contribution in [2.24, 2.45) is 0 Å². The number of hydrogen-bond acceptors (Lipinski definition) is 3. The molecule has 1 aliphatic rings. The predicted molar refractivity (Wildman–Crippen MR) is 106 cm³/mol. The molecule has 1 aliphatic carbocycles. The van der Waals surface area contributed by atoms with Crippen LogP contribution in [0.5, 0.6) is 0 Å². The van der Waals surface area contributed by atoms with E-state index in [1.165, 1.54) is 17.2 Å². The molecule has 0 atom stereocenters. The van der Waals surface area contributed by atoms with Crippen LogP contribution in [0, 0.1) is 0 Å². The molecule has 0 aromatic heterocycles. The minimum Gasteiger partial charge on any atom is -0.319 e. The fraction of sp³-hybridized carbons (Fsp3) is 0.381. The van der Waals surface area contributed by atoms with Crippen LogP contribution in [0.2, 0.25) is 0 Å². The van der Waals surface area contributed by atoms with E-state index in [0.29, 0.717) is 0 Å². The third-order valence-electron chi connectivity index (χ3n) is 3.79. The molecule has 0 bridgehead atoms. The average molecular weight is 376 g/mol. The van der Waals surface area contributed by atoms with Crippen LogP contribution in [0.1, 0.15) is 53.4 Å². The van der Waals surface area contributed by atoms with Crippen molar-refractivity contribution in [2.75, 3.05) is 0 Å². The number of hydrogen-bond donors (Lipinski definition) is 1. The first-order valence-corrected chi connectivity index (χ1v) is 9.01. The molecule has 0 saturated heterocycles. The lowest BCUT2D eigenvalue weighted by Crippen LogP contribution is -2.28. The number of nitrogens with one attached hydrogen (secondary N) is 1. The normalized spacial score (nSPS) is 15.4. The maximum Gasteiger partial charge on any atom is 0.248 e. The van der Waals surface area contributed by atoms with Crippen molar-refractivity contribution in [2.45, 2.75) is 53.4 Å². The molecule has 0 aromatic carbocycles. The summed E-state index contributed by atoms with van der Waals surface area (Å²) in [5, 5.41) is 2.29.